The van der Waals surface area contributed by atoms with Gasteiger partial charge in [-0.2, -0.15) is 13.6 Å². The molecule has 2 aromatic rings. The first-order valence-electron chi connectivity index (χ1n) is 8.70. The standard InChI is InChI=1S/C20H25NO4S2/c1-12(2)15-9-10-16(17(22)11-14-7-5-6-8-18(14)26)19(13(3)4)20(15)25-27(21,23)24/h5-10,12-13,26H,11H2,1-4H3,(H2,21,23,24). The lowest BCUT2D eigenvalue weighted by Gasteiger charge is -2.21. The van der Waals surface area contributed by atoms with E-state index in [1.807, 2.05) is 52.0 Å². The summed E-state index contributed by atoms with van der Waals surface area (Å²) >= 11 is 4.40. The van der Waals surface area contributed by atoms with Gasteiger partial charge in [-0.15, -0.1) is 12.6 Å². The molecule has 5 nitrogen and oxygen atoms in total. The fourth-order valence-corrected chi connectivity index (χ4v) is 3.68. The summed E-state index contributed by atoms with van der Waals surface area (Å²) in [7, 11) is -4.22. The third-order valence-electron chi connectivity index (χ3n) is 4.27. The molecule has 0 aliphatic heterocycles. The first-order valence-corrected chi connectivity index (χ1v) is 10.6. The Balaban J connectivity index is 2.61. The van der Waals surface area contributed by atoms with E-state index in [0.29, 0.717) is 16.7 Å². The molecule has 0 unspecified atom stereocenters. The van der Waals surface area contributed by atoms with E-state index >= 15 is 0 Å². The van der Waals surface area contributed by atoms with Gasteiger partial charge in [-0.05, 0) is 29.0 Å². The molecular formula is C20H25NO4S2. The van der Waals surface area contributed by atoms with Crippen LogP contribution in [0, 0.1) is 0 Å². The second-order valence-corrected chi connectivity index (χ2v) is 8.69. The maximum absolute atomic E-state index is 13.0. The Morgan fingerprint density at radius 1 is 1.07 bits per heavy atom. The van der Waals surface area contributed by atoms with Crippen molar-refractivity contribution in [3.05, 3.63) is 58.7 Å². The third-order valence-corrected chi connectivity index (χ3v) is 5.10. The molecular weight excluding hydrogens is 382 g/mol. The summed E-state index contributed by atoms with van der Waals surface area (Å²) in [6.07, 6.45) is 0.162. The maximum Gasteiger partial charge on any atom is 0.380 e. The van der Waals surface area contributed by atoms with Gasteiger partial charge in [0.15, 0.2) is 11.5 Å². The Morgan fingerprint density at radius 3 is 2.22 bits per heavy atom. The van der Waals surface area contributed by atoms with Crippen molar-refractivity contribution in [1.29, 1.82) is 0 Å². The molecule has 0 amide bonds. The van der Waals surface area contributed by atoms with Crippen LogP contribution in [0.25, 0.3) is 0 Å². The summed E-state index contributed by atoms with van der Waals surface area (Å²) in [5.74, 6) is -0.102. The van der Waals surface area contributed by atoms with Crippen LogP contribution in [-0.4, -0.2) is 14.2 Å². The van der Waals surface area contributed by atoms with E-state index in [9.17, 15) is 13.2 Å². The normalized spacial score (nSPS) is 11.9. The molecule has 2 N–H and O–H groups in total. The van der Waals surface area contributed by atoms with E-state index in [4.69, 9.17) is 9.32 Å². The van der Waals surface area contributed by atoms with Crippen LogP contribution in [-0.2, 0) is 16.7 Å². The van der Waals surface area contributed by atoms with Gasteiger partial charge in [0.25, 0.3) is 0 Å². The zero-order chi connectivity index (χ0) is 20.4. The lowest BCUT2D eigenvalue weighted by atomic mass is 9.87. The molecule has 2 aromatic carbocycles. The molecule has 2 rings (SSSR count). The van der Waals surface area contributed by atoms with E-state index in [1.54, 1.807) is 12.1 Å². The minimum atomic E-state index is -4.22. The van der Waals surface area contributed by atoms with Crippen molar-refractivity contribution in [3.63, 3.8) is 0 Å². The zero-order valence-electron chi connectivity index (χ0n) is 15.9. The second-order valence-electron chi connectivity index (χ2n) is 7.06. The van der Waals surface area contributed by atoms with E-state index in [0.717, 1.165) is 10.5 Å². The Labute approximate surface area is 166 Å². The van der Waals surface area contributed by atoms with E-state index in [2.05, 4.69) is 12.6 Å². The molecule has 0 aliphatic rings. The van der Waals surface area contributed by atoms with Crippen molar-refractivity contribution < 1.29 is 17.4 Å². The van der Waals surface area contributed by atoms with Gasteiger partial charge >= 0.3 is 10.3 Å². The Kier molecular flexibility index (Phi) is 6.72. The highest BCUT2D eigenvalue weighted by Gasteiger charge is 2.25. The zero-order valence-corrected chi connectivity index (χ0v) is 17.6. The number of benzene rings is 2. The molecule has 27 heavy (non-hydrogen) atoms. The molecule has 7 heteroatoms. The number of hydrogen-bond donors (Lipinski definition) is 2. The molecule has 0 spiro atoms. The third kappa shape index (κ3) is 5.34. The van der Waals surface area contributed by atoms with Crippen LogP contribution in [0.1, 0.15) is 66.6 Å². The van der Waals surface area contributed by atoms with Gasteiger partial charge in [0.05, 0.1) is 0 Å². The van der Waals surface area contributed by atoms with Gasteiger partial charge in [-0.25, -0.2) is 0 Å². The molecule has 0 heterocycles. The van der Waals surface area contributed by atoms with Crippen LogP contribution < -0.4 is 9.32 Å². The van der Waals surface area contributed by atoms with Crippen LogP contribution in [0.3, 0.4) is 0 Å². The Hall–Kier alpha value is -1.83. The molecule has 0 bridgehead atoms. The highest BCUT2D eigenvalue weighted by molar-refractivity contribution is 7.84. The summed E-state index contributed by atoms with van der Waals surface area (Å²) in [6.45, 7) is 7.62. The lowest BCUT2D eigenvalue weighted by molar-refractivity contribution is 0.0990. The number of nitrogens with two attached hydrogens (primary N) is 1. The average Bonchev–Trinajstić information content (AvgIpc) is 2.54. The number of carbonyl (C=O) groups excluding carboxylic acids is 1. The number of ketones is 1. The predicted octanol–water partition coefficient (Wildman–Crippen LogP) is 4.23. The van der Waals surface area contributed by atoms with Crippen LogP contribution >= 0.6 is 12.6 Å². The van der Waals surface area contributed by atoms with Gasteiger partial charge < -0.3 is 4.18 Å². The molecule has 146 valence electrons. The summed E-state index contributed by atoms with van der Waals surface area (Å²) in [6, 6.07) is 10.8. The van der Waals surface area contributed by atoms with Crippen LogP contribution in [0.5, 0.6) is 5.75 Å². The minimum absolute atomic E-state index is 0.00145. The summed E-state index contributed by atoms with van der Waals surface area (Å²) < 4.78 is 28.4. The second kappa shape index (κ2) is 8.46. The van der Waals surface area contributed by atoms with Crippen molar-refractivity contribution in [2.24, 2.45) is 5.14 Å². The highest BCUT2D eigenvalue weighted by atomic mass is 32.2. The molecule has 0 saturated heterocycles. The molecule has 0 aliphatic carbocycles. The number of Topliss-reactive ketones (excluding diaryl/α,β-unsaturated/α-hetero) is 1. The SMILES string of the molecule is CC(C)c1ccc(C(=O)Cc2ccccc2S)c(C(C)C)c1OS(N)(=O)=O. The van der Waals surface area contributed by atoms with Crippen LogP contribution in [0.2, 0.25) is 0 Å². The summed E-state index contributed by atoms with van der Waals surface area (Å²) in [5.41, 5.74) is 2.49. The largest absolute Gasteiger partial charge is 0.380 e. The quantitative estimate of drug-likeness (QED) is 0.531. The van der Waals surface area contributed by atoms with Gasteiger partial charge in [0, 0.05) is 22.4 Å². The number of carbonyl (C=O) groups is 1. The van der Waals surface area contributed by atoms with Gasteiger partial charge in [-0.1, -0.05) is 58.0 Å². The van der Waals surface area contributed by atoms with Crippen LogP contribution in [0.4, 0.5) is 0 Å². The summed E-state index contributed by atoms with van der Waals surface area (Å²) in [4.78, 5) is 13.8. The number of rotatable bonds is 7. The molecule has 0 radical (unpaired) electrons. The van der Waals surface area contributed by atoms with Crippen molar-refractivity contribution in [2.45, 2.75) is 50.8 Å². The number of thiol groups is 1. The average molecular weight is 408 g/mol. The molecule has 0 saturated carbocycles. The van der Waals surface area contributed by atoms with Gasteiger partial charge in [0.1, 0.15) is 0 Å². The van der Waals surface area contributed by atoms with E-state index < -0.39 is 10.3 Å². The van der Waals surface area contributed by atoms with Crippen molar-refractivity contribution in [1.82, 2.24) is 0 Å². The first kappa shape index (κ1) is 21.5. The first-order chi connectivity index (χ1) is 12.5. The predicted molar refractivity (Wildman–Crippen MR) is 110 cm³/mol. The monoisotopic (exact) mass is 407 g/mol. The topological polar surface area (TPSA) is 86.5 Å². The maximum atomic E-state index is 13.0. The van der Waals surface area contributed by atoms with Gasteiger partial charge in [-0.3, -0.25) is 4.79 Å². The molecule has 0 fully saturated rings. The Morgan fingerprint density at radius 2 is 1.70 bits per heavy atom. The van der Waals surface area contributed by atoms with Crippen molar-refractivity contribution in [2.75, 3.05) is 0 Å². The van der Waals surface area contributed by atoms with Crippen molar-refractivity contribution in [3.8, 4) is 5.75 Å². The van der Waals surface area contributed by atoms with Gasteiger partial charge in [0.2, 0.25) is 0 Å². The minimum Gasteiger partial charge on any atom is -0.370 e. The highest BCUT2D eigenvalue weighted by Crippen LogP contribution is 2.38. The van der Waals surface area contributed by atoms with Crippen LogP contribution in [0.15, 0.2) is 41.3 Å². The smallest absolute Gasteiger partial charge is 0.370 e. The number of hydrogen-bond acceptors (Lipinski definition) is 5. The van der Waals surface area contributed by atoms with E-state index in [-0.39, 0.29) is 29.8 Å². The van der Waals surface area contributed by atoms with E-state index in [1.165, 1.54) is 0 Å². The fourth-order valence-electron chi connectivity index (χ4n) is 3.03. The summed E-state index contributed by atoms with van der Waals surface area (Å²) in [5, 5.41) is 5.13. The van der Waals surface area contributed by atoms with Crippen molar-refractivity contribution >= 4 is 28.7 Å². The molecule has 0 aromatic heterocycles. The Bertz CT molecular complexity index is 950. The lowest BCUT2D eigenvalue weighted by Crippen LogP contribution is -2.22. The molecule has 0 atom stereocenters. The fraction of sp³-hybridized carbons (Fsp3) is 0.350.